The van der Waals surface area contributed by atoms with E-state index in [4.69, 9.17) is 9.47 Å². The lowest BCUT2D eigenvalue weighted by atomic mass is 9.99. The molecule has 9 heteroatoms. The Morgan fingerprint density at radius 3 is 1.93 bits per heavy atom. The Balaban J connectivity index is 1.76. The summed E-state index contributed by atoms with van der Waals surface area (Å²) in [4.78, 5) is 50.9. The molecule has 3 aromatic carbocycles. The number of hydrogen-bond acceptors (Lipinski definition) is 7. The minimum absolute atomic E-state index is 0.0338. The monoisotopic (exact) mass is 546 g/mol. The largest absolute Gasteiger partial charge is 0.467 e. The average Bonchev–Trinajstić information content (AvgIpc) is 2.95. The van der Waals surface area contributed by atoms with E-state index in [1.165, 1.54) is 7.11 Å². The molecule has 0 aliphatic heterocycles. The highest BCUT2D eigenvalue weighted by Gasteiger charge is 2.32. The molecule has 0 bridgehead atoms. The maximum absolute atomic E-state index is 13.2. The highest BCUT2D eigenvalue weighted by molar-refractivity contribution is 5.95. The molecule has 210 valence electrons. The van der Waals surface area contributed by atoms with Gasteiger partial charge in [0.2, 0.25) is 0 Å². The first-order chi connectivity index (χ1) is 19.0. The van der Waals surface area contributed by atoms with Gasteiger partial charge in [-0.05, 0) is 56.2 Å². The van der Waals surface area contributed by atoms with Crippen molar-refractivity contribution in [2.24, 2.45) is 0 Å². The Morgan fingerprint density at radius 1 is 0.800 bits per heavy atom. The number of amides is 2. The Labute approximate surface area is 233 Å². The molecule has 2 amide bonds. The number of aliphatic hydroxyl groups excluding tert-OH is 1. The number of nitrogens with one attached hydrogen (secondary N) is 2. The van der Waals surface area contributed by atoms with Crippen LogP contribution in [0.1, 0.15) is 58.7 Å². The second-order valence-corrected chi connectivity index (χ2v) is 10.2. The summed E-state index contributed by atoms with van der Waals surface area (Å²) in [7, 11) is 1.19. The third-order valence-electron chi connectivity index (χ3n) is 5.90. The lowest BCUT2D eigenvalue weighted by Crippen LogP contribution is -2.51. The number of carbonyl (C=O) groups excluding carboxylic acids is 4. The third-order valence-corrected chi connectivity index (χ3v) is 5.90. The molecule has 0 fully saturated rings. The van der Waals surface area contributed by atoms with Gasteiger partial charge < -0.3 is 25.2 Å². The molecule has 0 aliphatic rings. The van der Waals surface area contributed by atoms with Crippen molar-refractivity contribution in [2.45, 2.75) is 51.0 Å². The smallest absolute Gasteiger partial charge is 0.338 e. The maximum atomic E-state index is 13.2. The van der Waals surface area contributed by atoms with Gasteiger partial charge in [-0.1, -0.05) is 60.7 Å². The molecule has 0 aromatic heterocycles. The topological polar surface area (TPSA) is 131 Å². The van der Waals surface area contributed by atoms with E-state index >= 15 is 0 Å². The molecule has 0 aliphatic carbocycles. The van der Waals surface area contributed by atoms with Crippen molar-refractivity contribution < 1.29 is 33.8 Å². The summed E-state index contributed by atoms with van der Waals surface area (Å²) >= 11 is 0. The zero-order valence-corrected chi connectivity index (χ0v) is 22.9. The minimum atomic E-state index is -1.73. The Bertz CT molecular complexity index is 1300. The number of esters is 2. The van der Waals surface area contributed by atoms with Crippen LogP contribution in [0.5, 0.6) is 0 Å². The van der Waals surface area contributed by atoms with Crippen LogP contribution in [0.15, 0.2) is 84.9 Å². The van der Waals surface area contributed by atoms with Gasteiger partial charge in [-0.3, -0.25) is 9.59 Å². The molecule has 0 spiro atoms. The van der Waals surface area contributed by atoms with Gasteiger partial charge in [0.05, 0.1) is 18.7 Å². The maximum Gasteiger partial charge on any atom is 0.338 e. The summed E-state index contributed by atoms with van der Waals surface area (Å²) in [6, 6.07) is 21.2. The first-order valence-corrected chi connectivity index (χ1v) is 12.8. The molecule has 0 heterocycles. The molecule has 0 unspecified atom stereocenters. The zero-order valence-electron chi connectivity index (χ0n) is 22.9. The lowest BCUT2D eigenvalue weighted by Gasteiger charge is -2.26. The molecule has 0 saturated carbocycles. The van der Waals surface area contributed by atoms with E-state index in [1.54, 1.807) is 106 Å². The van der Waals surface area contributed by atoms with Crippen molar-refractivity contribution in [3.8, 4) is 0 Å². The molecule has 0 radical (unpaired) electrons. The Kier molecular flexibility index (Phi) is 10.2. The molecule has 3 N–H and O–H groups in total. The predicted octanol–water partition coefficient (Wildman–Crippen LogP) is 3.37. The normalized spacial score (nSPS) is 13.3. The number of aliphatic hydroxyl groups is 1. The van der Waals surface area contributed by atoms with E-state index in [2.05, 4.69) is 10.6 Å². The van der Waals surface area contributed by atoms with Crippen molar-refractivity contribution >= 4 is 23.8 Å². The fourth-order valence-electron chi connectivity index (χ4n) is 3.91. The fourth-order valence-corrected chi connectivity index (χ4v) is 3.91. The number of benzene rings is 3. The van der Waals surface area contributed by atoms with Crippen molar-refractivity contribution in [1.29, 1.82) is 0 Å². The van der Waals surface area contributed by atoms with E-state index in [-0.39, 0.29) is 6.42 Å². The SMILES string of the molecule is COC(=O)[C@H](Cc1ccc(C(=O)OC(C)(C)C)cc1)NC(=O)[C@H](O)[C@@H](NC(=O)c1ccccc1)c1ccccc1. The van der Waals surface area contributed by atoms with Gasteiger partial charge >= 0.3 is 11.9 Å². The van der Waals surface area contributed by atoms with E-state index in [0.717, 1.165) is 0 Å². The summed E-state index contributed by atoms with van der Waals surface area (Å²) in [5.74, 6) is -2.55. The highest BCUT2D eigenvalue weighted by atomic mass is 16.6. The molecule has 40 heavy (non-hydrogen) atoms. The summed E-state index contributed by atoms with van der Waals surface area (Å²) < 4.78 is 10.2. The molecule has 3 aromatic rings. The quantitative estimate of drug-likeness (QED) is 0.332. The molecular weight excluding hydrogens is 512 g/mol. The number of methoxy groups -OCH3 is 1. The van der Waals surface area contributed by atoms with Gasteiger partial charge in [0, 0.05) is 12.0 Å². The van der Waals surface area contributed by atoms with Crippen molar-refractivity contribution in [3.63, 3.8) is 0 Å². The second-order valence-electron chi connectivity index (χ2n) is 10.2. The van der Waals surface area contributed by atoms with E-state index in [1.807, 2.05) is 0 Å². The first kappa shape index (κ1) is 30.0. The number of ether oxygens (including phenoxy) is 2. The predicted molar refractivity (Wildman–Crippen MR) is 148 cm³/mol. The lowest BCUT2D eigenvalue weighted by molar-refractivity contribution is -0.146. The summed E-state index contributed by atoms with van der Waals surface area (Å²) in [5, 5.41) is 16.3. The van der Waals surface area contributed by atoms with Crippen LogP contribution in [0.2, 0.25) is 0 Å². The average molecular weight is 547 g/mol. The van der Waals surface area contributed by atoms with Crippen molar-refractivity contribution in [1.82, 2.24) is 10.6 Å². The van der Waals surface area contributed by atoms with E-state index in [0.29, 0.717) is 22.3 Å². The van der Waals surface area contributed by atoms with Crippen LogP contribution in [-0.2, 0) is 25.5 Å². The first-order valence-electron chi connectivity index (χ1n) is 12.8. The van der Waals surface area contributed by atoms with Crippen LogP contribution >= 0.6 is 0 Å². The Hall–Kier alpha value is -4.50. The van der Waals surface area contributed by atoms with Crippen molar-refractivity contribution in [2.75, 3.05) is 7.11 Å². The van der Waals surface area contributed by atoms with Crippen LogP contribution in [-0.4, -0.2) is 53.7 Å². The van der Waals surface area contributed by atoms with E-state index in [9.17, 15) is 24.3 Å². The van der Waals surface area contributed by atoms with Crippen LogP contribution in [0.25, 0.3) is 0 Å². The summed E-state index contributed by atoms with van der Waals surface area (Å²) in [5.41, 5.74) is 1.19. The van der Waals surface area contributed by atoms with Crippen molar-refractivity contribution in [3.05, 3.63) is 107 Å². The fraction of sp³-hybridized carbons (Fsp3) is 0.290. The molecule has 0 saturated heterocycles. The van der Waals surface area contributed by atoms with Crippen LogP contribution in [0.3, 0.4) is 0 Å². The highest BCUT2D eigenvalue weighted by Crippen LogP contribution is 2.19. The summed E-state index contributed by atoms with van der Waals surface area (Å²) in [6.07, 6.45) is -1.69. The van der Waals surface area contributed by atoms with Gasteiger partial charge in [0.25, 0.3) is 11.8 Å². The van der Waals surface area contributed by atoms with Gasteiger partial charge in [0.1, 0.15) is 11.6 Å². The van der Waals surface area contributed by atoms with Crippen LogP contribution in [0.4, 0.5) is 0 Å². The zero-order chi connectivity index (χ0) is 29.3. The van der Waals surface area contributed by atoms with Crippen LogP contribution < -0.4 is 10.6 Å². The standard InChI is InChI=1S/C31H34N2O7/c1-31(2,3)40-29(37)23-17-15-20(16-18-23)19-24(30(38)39-4)32-28(36)26(34)25(21-11-7-5-8-12-21)33-27(35)22-13-9-6-10-14-22/h5-18,24-26,34H,19H2,1-4H3,(H,32,36)(H,33,35)/t24-,25-,26+/m0/s1. The number of carbonyl (C=O) groups is 4. The van der Waals surface area contributed by atoms with Gasteiger partial charge in [-0.15, -0.1) is 0 Å². The van der Waals surface area contributed by atoms with Gasteiger partial charge in [0.15, 0.2) is 6.10 Å². The molecule has 9 nitrogen and oxygen atoms in total. The molecule has 3 atom stereocenters. The Morgan fingerprint density at radius 2 is 1.38 bits per heavy atom. The minimum Gasteiger partial charge on any atom is -0.467 e. The van der Waals surface area contributed by atoms with Gasteiger partial charge in [-0.2, -0.15) is 0 Å². The number of hydrogen-bond donors (Lipinski definition) is 3. The second kappa shape index (κ2) is 13.5. The van der Waals surface area contributed by atoms with Crippen LogP contribution in [0, 0.1) is 0 Å². The molecule has 3 rings (SSSR count). The summed E-state index contributed by atoms with van der Waals surface area (Å²) in [6.45, 7) is 5.31. The van der Waals surface area contributed by atoms with E-state index < -0.39 is 47.5 Å². The molecular formula is C31H34N2O7. The third kappa shape index (κ3) is 8.51. The number of rotatable bonds is 10. The van der Waals surface area contributed by atoms with Gasteiger partial charge in [-0.25, -0.2) is 9.59 Å².